The van der Waals surface area contributed by atoms with Gasteiger partial charge in [0.2, 0.25) is 0 Å². The minimum absolute atomic E-state index is 0.301. The fraction of sp³-hybridized carbons (Fsp3) is 0.588. The second kappa shape index (κ2) is 9.38. The van der Waals surface area contributed by atoms with Gasteiger partial charge < -0.3 is 9.47 Å². The second-order valence-electron chi connectivity index (χ2n) is 5.62. The van der Waals surface area contributed by atoms with Gasteiger partial charge in [-0.1, -0.05) is 18.2 Å². The predicted molar refractivity (Wildman–Crippen MR) is 84.3 cm³/mol. The van der Waals surface area contributed by atoms with E-state index >= 15 is 0 Å². The second-order valence-corrected chi connectivity index (χ2v) is 5.62. The normalized spacial score (nSPS) is 13.7. The molecule has 0 aromatic heterocycles. The highest BCUT2D eigenvalue weighted by Gasteiger charge is 2.23. The molecule has 0 aliphatic carbocycles. The van der Waals surface area contributed by atoms with Gasteiger partial charge in [0, 0.05) is 12.6 Å². The molecule has 0 saturated carbocycles. The lowest BCUT2D eigenvalue weighted by Gasteiger charge is -2.25. The van der Waals surface area contributed by atoms with Crippen molar-refractivity contribution >= 4 is 0 Å². The highest BCUT2D eigenvalue weighted by molar-refractivity contribution is 5.20. The molecule has 1 unspecified atom stereocenters. The van der Waals surface area contributed by atoms with Crippen molar-refractivity contribution in [3.63, 3.8) is 0 Å². The highest BCUT2D eigenvalue weighted by atomic mass is 16.5. The Morgan fingerprint density at radius 3 is 2.52 bits per heavy atom. The van der Waals surface area contributed by atoms with Crippen LogP contribution in [-0.4, -0.2) is 31.4 Å². The van der Waals surface area contributed by atoms with Gasteiger partial charge in [-0.3, -0.25) is 5.32 Å². The lowest BCUT2D eigenvalue weighted by Crippen LogP contribution is -2.45. The molecule has 1 aromatic carbocycles. The van der Waals surface area contributed by atoms with Gasteiger partial charge in [0.25, 0.3) is 0 Å². The summed E-state index contributed by atoms with van der Waals surface area (Å²) in [5, 5.41) is 12.5. The smallest absolute Gasteiger partial charge is 0.119 e. The van der Waals surface area contributed by atoms with Crippen LogP contribution in [0.2, 0.25) is 0 Å². The first kappa shape index (κ1) is 17.5. The van der Waals surface area contributed by atoms with Crippen LogP contribution in [-0.2, 0) is 4.74 Å². The first-order valence-corrected chi connectivity index (χ1v) is 7.50. The number of hydrogen-bond donors (Lipinski definition) is 1. The molecule has 21 heavy (non-hydrogen) atoms. The summed E-state index contributed by atoms with van der Waals surface area (Å²) < 4.78 is 11.1. The molecule has 1 rings (SSSR count). The van der Waals surface area contributed by atoms with Crippen LogP contribution in [0.25, 0.3) is 0 Å². The quantitative estimate of drug-likeness (QED) is 0.673. The first-order chi connectivity index (χ1) is 10.1. The van der Waals surface area contributed by atoms with E-state index in [-0.39, 0.29) is 0 Å². The molecule has 116 valence electrons. The SMILES string of the molecule is CC(C)NC(C)(C#N)CCCOCCOc1ccccc1. The molecule has 0 spiro atoms. The molecule has 4 nitrogen and oxygen atoms in total. The summed E-state index contributed by atoms with van der Waals surface area (Å²) in [6.07, 6.45) is 1.64. The number of benzene rings is 1. The molecule has 1 aromatic rings. The number of para-hydroxylation sites is 1. The Hall–Kier alpha value is -1.57. The maximum atomic E-state index is 9.23. The molecule has 4 heteroatoms. The van der Waals surface area contributed by atoms with Gasteiger partial charge in [0.05, 0.1) is 12.7 Å². The molecule has 0 saturated heterocycles. The van der Waals surface area contributed by atoms with E-state index in [4.69, 9.17) is 9.47 Å². The van der Waals surface area contributed by atoms with Crippen molar-refractivity contribution < 1.29 is 9.47 Å². The molecular weight excluding hydrogens is 264 g/mol. The van der Waals surface area contributed by atoms with Gasteiger partial charge in [0.1, 0.15) is 17.9 Å². The third-order valence-corrected chi connectivity index (χ3v) is 3.06. The van der Waals surface area contributed by atoms with Crippen molar-refractivity contribution in [2.24, 2.45) is 0 Å². The van der Waals surface area contributed by atoms with E-state index in [0.29, 0.717) is 25.9 Å². The van der Waals surface area contributed by atoms with Crippen molar-refractivity contribution in [3.05, 3.63) is 30.3 Å². The largest absolute Gasteiger partial charge is 0.491 e. The zero-order valence-corrected chi connectivity index (χ0v) is 13.3. The summed E-state index contributed by atoms with van der Waals surface area (Å²) >= 11 is 0. The maximum absolute atomic E-state index is 9.23. The summed E-state index contributed by atoms with van der Waals surface area (Å²) in [7, 11) is 0. The monoisotopic (exact) mass is 290 g/mol. The van der Waals surface area contributed by atoms with Crippen molar-refractivity contribution in [1.29, 1.82) is 5.26 Å². The van der Waals surface area contributed by atoms with Crippen LogP contribution in [0.1, 0.15) is 33.6 Å². The van der Waals surface area contributed by atoms with Crippen LogP contribution in [0.3, 0.4) is 0 Å². The molecule has 0 fully saturated rings. The minimum atomic E-state index is -0.474. The standard InChI is InChI=1S/C17H26N2O2/c1-15(2)19-17(3,14-18)10-7-11-20-12-13-21-16-8-5-4-6-9-16/h4-6,8-9,15,19H,7,10-13H2,1-3H3. The van der Waals surface area contributed by atoms with E-state index in [9.17, 15) is 5.26 Å². The van der Waals surface area contributed by atoms with Crippen LogP contribution >= 0.6 is 0 Å². The van der Waals surface area contributed by atoms with Crippen LogP contribution in [0, 0.1) is 11.3 Å². The Balaban J connectivity index is 2.08. The highest BCUT2D eigenvalue weighted by Crippen LogP contribution is 2.12. The first-order valence-electron chi connectivity index (χ1n) is 7.50. The van der Waals surface area contributed by atoms with Crippen LogP contribution in [0.4, 0.5) is 0 Å². The minimum Gasteiger partial charge on any atom is -0.491 e. The van der Waals surface area contributed by atoms with Crippen molar-refractivity contribution in [3.8, 4) is 11.8 Å². The molecule has 0 amide bonds. The predicted octanol–water partition coefficient (Wildman–Crippen LogP) is 3.14. The summed E-state index contributed by atoms with van der Waals surface area (Å²) in [5.41, 5.74) is -0.474. The van der Waals surface area contributed by atoms with Crippen molar-refractivity contribution in [2.45, 2.75) is 45.2 Å². The molecule has 0 heterocycles. The van der Waals surface area contributed by atoms with E-state index in [2.05, 4.69) is 11.4 Å². The lowest BCUT2D eigenvalue weighted by molar-refractivity contribution is 0.0944. The lowest BCUT2D eigenvalue weighted by atomic mass is 9.97. The topological polar surface area (TPSA) is 54.3 Å². The third-order valence-electron chi connectivity index (χ3n) is 3.06. The van der Waals surface area contributed by atoms with E-state index in [0.717, 1.165) is 18.6 Å². The van der Waals surface area contributed by atoms with Crippen LogP contribution in [0.5, 0.6) is 5.75 Å². The van der Waals surface area contributed by atoms with Gasteiger partial charge in [-0.2, -0.15) is 5.26 Å². The Morgan fingerprint density at radius 1 is 1.19 bits per heavy atom. The molecule has 0 bridgehead atoms. The summed E-state index contributed by atoms with van der Waals surface area (Å²) in [4.78, 5) is 0. The molecule has 1 atom stereocenters. The van der Waals surface area contributed by atoms with Crippen molar-refractivity contribution in [2.75, 3.05) is 19.8 Å². The molecular formula is C17H26N2O2. The van der Waals surface area contributed by atoms with Gasteiger partial charge in [-0.05, 0) is 45.7 Å². The Kier molecular flexibility index (Phi) is 7.81. The molecule has 1 N–H and O–H groups in total. The average molecular weight is 290 g/mol. The number of nitriles is 1. The number of ether oxygens (including phenoxy) is 2. The summed E-state index contributed by atoms with van der Waals surface area (Å²) in [6.45, 7) is 7.79. The molecule has 0 aliphatic heterocycles. The maximum Gasteiger partial charge on any atom is 0.119 e. The van der Waals surface area contributed by atoms with Crippen LogP contribution in [0.15, 0.2) is 30.3 Å². The van der Waals surface area contributed by atoms with Crippen molar-refractivity contribution in [1.82, 2.24) is 5.32 Å². The number of nitrogens with zero attached hydrogens (tertiary/aromatic N) is 1. The fourth-order valence-corrected chi connectivity index (χ4v) is 2.16. The molecule has 0 aliphatic rings. The zero-order chi connectivity index (χ0) is 15.6. The van der Waals surface area contributed by atoms with Crippen LogP contribution < -0.4 is 10.1 Å². The van der Waals surface area contributed by atoms with E-state index < -0.39 is 5.54 Å². The Morgan fingerprint density at radius 2 is 1.90 bits per heavy atom. The average Bonchev–Trinajstić information content (AvgIpc) is 2.46. The number of nitrogens with one attached hydrogen (secondary N) is 1. The summed E-state index contributed by atoms with van der Waals surface area (Å²) in [6, 6.07) is 12.3. The molecule has 0 radical (unpaired) electrons. The fourth-order valence-electron chi connectivity index (χ4n) is 2.16. The third kappa shape index (κ3) is 7.69. The number of hydrogen-bond acceptors (Lipinski definition) is 4. The van der Waals surface area contributed by atoms with Gasteiger partial charge in [-0.25, -0.2) is 0 Å². The van der Waals surface area contributed by atoms with Gasteiger partial charge in [-0.15, -0.1) is 0 Å². The van der Waals surface area contributed by atoms with E-state index in [1.165, 1.54) is 0 Å². The van der Waals surface area contributed by atoms with Gasteiger partial charge in [0.15, 0.2) is 0 Å². The summed E-state index contributed by atoms with van der Waals surface area (Å²) in [5.74, 6) is 0.860. The zero-order valence-electron chi connectivity index (χ0n) is 13.3. The van der Waals surface area contributed by atoms with E-state index in [1.807, 2.05) is 51.1 Å². The Bertz CT molecular complexity index is 428. The Labute approximate surface area is 128 Å². The number of rotatable bonds is 10. The van der Waals surface area contributed by atoms with E-state index in [1.54, 1.807) is 0 Å². The van der Waals surface area contributed by atoms with Gasteiger partial charge >= 0.3 is 0 Å².